The van der Waals surface area contributed by atoms with E-state index in [-0.39, 0.29) is 5.60 Å². The monoisotopic (exact) mass is 224 g/mol. The number of hydrogen-bond acceptors (Lipinski definition) is 4. The van der Waals surface area contributed by atoms with E-state index in [0.29, 0.717) is 6.54 Å². The van der Waals surface area contributed by atoms with Crippen molar-refractivity contribution in [3.8, 4) is 0 Å². The Morgan fingerprint density at radius 3 is 3.06 bits per heavy atom. The van der Waals surface area contributed by atoms with Gasteiger partial charge in [-0.2, -0.15) is 5.10 Å². The lowest BCUT2D eigenvalue weighted by molar-refractivity contribution is -0.102. The summed E-state index contributed by atoms with van der Waals surface area (Å²) < 4.78 is 7.72. The van der Waals surface area contributed by atoms with Crippen LogP contribution in [-0.4, -0.2) is 47.5 Å². The molecule has 0 amide bonds. The van der Waals surface area contributed by atoms with Crippen LogP contribution >= 0.6 is 0 Å². The summed E-state index contributed by atoms with van der Waals surface area (Å²) in [6.07, 6.45) is 3.90. The molecule has 1 saturated heterocycles. The van der Waals surface area contributed by atoms with Crippen LogP contribution in [0.2, 0.25) is 0 Å². The van der Waals surface area contributed by atoms with Crippen LogP contribution < -0.4 is 5.73 Å². The number of hydrogen-bond donors (Lipinski definition) is 1. The number of nitrogens with two attached hydrogens (primary N) is 1. The van der Waals surface area contributed by atoms with Crippen LogP contribution in [0.5, 0.6) is 0 Å². The fourth-order valence-electron chi connectivity index (χ4n) is 2.19. The van der Waals surface area contributed by atoms with Crippen molar-refractivity contribution >= 4 is 0 Å². The van der Waals surface area contributed by atoms with Crippen molar-refractivity contribution in [3.63, 3.8) is 0 Å². The Balaban J connectivity index is 2.11. The fraction of sp³-hybridized carbons (Fsp3) is 0.727. The molecule has 0 radical (unpaired) electrons. The second kappa shape index (κ2) is 4.53. The zero-order valence-corrected chi connectivity index (χ0v) is 10.0. The van der Waals surface area contributed by atoms with Gasteiger partial charge >= 0.3 is 0 Å². The molecule has 90 valence electrons. The molecule has 1 fully saturated rings. The highest BCUT2D eigenvalue weighted by atomic mass is 16.5. The van der Waals surface area contributed by atoms with Gasteiger partial charge in [0.15, 0.2) is 0 Å². The Morgan fingerprint density at radius 2 is 2.44 bits per heavy atom. The number of aryl methyl sites for hydroxylation is 1. The van der Waals surface area contributed by atoms with E-state index in [2.05, 4.69) is 16.9 Å². The molecule has 1 aromatic heterocycles. The molecule has 0 aliphatic carbocycles. The van der Waals surface area contributed by atoms with Crippen molar-refractivity contribution in [2.75, 3.05) is 32.8 Å². The maximum absolute atomic E-state index is 5.91. The van der Waals surface area contributed by atoms with Crippen molar-refractivity contribution in [2.24, 2.45) is 12.8 Å². The molecule has 1 atom stereocenters. The molecule has 0 spiro atoms. The van der Waals surface area contributed by atoms with E-state index in [1.165, 1.54) is 0 Å². The summed E-state index contributed by atoms with van der Waals surface area (Å²) in [6.45, 7) is 6.35. The van der Waals surface area contributed by atoms with Crippen LogP contribution in [0, 0.1) is 0 Å². The third-order valence-electron chi connectivity index (χ3n) is 3.11. The molecule has 1 aliphatic rings. The van der Waals surface area contributed by atoms with Crippen LogP contribution in [0.3, 0.4) is 0 Å². The van der Waals surface area contributed by atoms with Gasteiger partial charge in [0.1, 0.15) is 5.60 Å². The Labute approximate surface area is 96.2 Å². The maximum Gasteiger partial charge on any atom is 0.106 e. The standard InChI is InChI=1S/C11H20N4O/c1-11(10-7-13-14(2)8-10)9-15(4-3-12)5-6-16-11/h7-8H,3-6,9,12H2,1-2H3. The molecule has 1 aromatic rings. The second-order valence-electron chi connectivity index (χ2n) is 4.55. The molecule has 5 nitrogen and oxygen atoms in total. The zero-order valence-electron chi connectivity index (χ0n) is 10.0. The van der Waals surface area contributed by atoms with Crippen molar-refractivity contribution in [1.82, 2.24) is 14.7 Å². The van der Waals surface area contributed by atoms with E-state index in [9.17, 15) is 0 Å². The van der Waals surface area contributed by atoms with Crippen LogP contribution in [0.25, 0.3) is 0 Å². The predicted octanol–water partition coefficient (Wildman–Crippen LogP) is -0.0738. The van der Waals surface area contributed by atoms with E-state index in [0.717, 1.165) is 31.8 Å². The summed E-state index contributed by atoms with van der Waals surface area (Å²) in [5, 5.41) is 4.20. The average molecular weight is 224 g/mol. The summed E-state index contributed by atoms with van der Waals surface area (Å²) >= 11 is 0. The summed E-state index contributed by atoms with van der Waals surface area (Å²) in [5.74, 6) is 0. The normalized spacial score (nSPS) is 27.2. The number of ether oxygens (including phenoxy) is 1. The van der Waals surface area contributed by atoms with Gasteiger partial charge in [-0.25, -0.2) is 0 Å². The van der Waals surface area contributed by atoms with E-state index in [1.54, 1.807) is 0 Å². The van der Waals surface area contributed by atoms with Gasteiger partial charge in [0.2, 0.25) is 0 Å². The van der Waals surface area contributed by atoms with Gasteiger partial charge in [-0.1, -0.05) is 0 Å². The van der Waals surface area contributed by atoms with Gasteiger partial charge in [0, 0.05) is 45.0 Å². The number of rotatable bonds is 3. The fourth-order valence-corrected chi connectivity index (χ4v) is 2.19. The van der Waals surface area contributed by atoms with Crippen molar-refractivity contribution < 1.29 is 4.74 Å². The highest BCUT2D eigenvalue weighted by Crippen LogP contribution is 2.28. The minimum Gasteiger partial charge on any atom is -0.368 e. The van der Waals surface area contributed by atoms with E-state index in [1.807, 2.05) is 24.1 Å². The van der Waals surface area contributed by atoms with Crippen molar-refractivity contribution in [3.05, 3.63) is 18.0 Å². The first-order chi connectivity index (χ1) is 7.64. The minimum absolute atomic E-state index is 0.248. The quantitative estimate of drug-likeness (QED) is 0.780. The molecule has 5 heteroatoms. The topological polar surface area (TPSA) is 56.3 Å². The number of nitrogens with zero attached hydrogens (tertiary/aromatic N) is 3. The first kappa shape index (κ1) is 11.6. The van der Waals surface area contributed by atoms with Crippen molar-refractivity contribution in [2.45, 2.75) is 12.5 Å². The molecule has 0 bridgehead atoms. The molecule has 2 N–H and O–H groups in total. The van der Waals surface area contributed by atoms with Crippen LogP contribution in [0.15, 0.2) is 12.4 Å². The third-order valence-corrected chi connectivity index (χ3v) is 3.11. The Morgan fingerprint density at radius 1 is 1.62 bits per heavy atom. The average Bonchev–Trinajstić information content (AvgIpc) is 2.66. The Hall–Kier alpha value is -0.910. The summed E-state index contributed by atoms with van der Waals surface area (Å²) in [7, 11) is 1.92. The van der Waals surface area contributed by atoms with Crippen LogP contribution in [0.4, 0.5) is 0 Å². The smallest absolute Gasteiger partial charge is 0.106 e. The summed E-state index contributed by atoms with van der Waals surface area (Å²) in [5.41, 5.74) is 6.48. The molecule has 2 heterocycles. The van der Waals surface area contributed by atoms with E-state index >= 15 is 0 Å². The first-order valence-electron chi connectivity index (χ1n) is 5.69. The van der Waals surface area contributed by atoms with Gasteiger partial charge in [-0.15, -0.1) is 0 Å². The predicted molar refractivity (Wildman–Crippen MR) is 62.0 cm³/mol. The number of aromatic nitrogens is 2. The molecule has 1 aliphatic heterocycles. The highest BCUT2D eigenvalue weighted by molar-refractivity contribution is 5.16. The third kappa shape index (κ3) is 2.26. The second-order valence-corrected chi connectivity index (χ2v) is 4.55. The maximum atomic E-state index is 5.91. The van der Waals surface area contributed by atoms with Gasteiger partial charge in [0.25, 0.3) is 0 Å². The SMILES string of the molecule is Cn1cc(C2(C)CN(CCN)CCO2)cn1. The van der Waals surface area contributed by atoms with E-state index in [4.69, 9.17) is 10.5 Å². The van der Waals surface area contributed by atoms with Crippen LogP contribution in [-0.2, 0) is 17.4 Å². The molecular weight excluding hydrogens is 204 g/mol. The molecule has 16 heavy (non-hydrogen) atoms. The lowest BCUT2D eigenvalue weighted by Crippen LogP contribution is -2.49. The van der Waals surface area contributed by atoms with Crippen molar-refractivity contribution in [1.29, 1.82) is 0 Å². The zero-order chi connectivity index (χ0) is 11.6. The van der Waals surface area contributed by atoms with Gasteiger partial charge in [-0.05, 0) is 6.92 Å². The highest BCUT2D eigenvalue weighted by Gasteiger charge is 2.34. The number of morpholine rings is 1. The lowest BCUT2D eigenvalue weighted by atomic mass is 9.97. The molecule has 1 unspecified atom stereocenters. The lowest BCUT2D eigenvalue weighted by Gasteiger charge is -2.39. The Kier molecular flexibility index (Phi) is 3.28. The minimum atomic E-state index is -0.248. The molecular formula is C11H20N4O. The van der Waals surface area contributed by atoms with E-state index < -0.39 is 0 Å². The van der Waals surface area contributed by atoms with Gasteiger partial charge in [-0.3, -0.25) is 9.58 Å². The summed E-state index contributed by atoms with van der Waals surface area (Å²) in [6, 6.07) is 0. The van der Waals surface area contributed by atoms with Gasteiger partial charge in [0.05, 0.1) is 12.8 Å². The molecule has 0 aromatic carbocycles. The molecule has 2 rings (SSSR count). The van der Waals surface area contributed by atoms with Gasteiger partial charge < -0.3 is 10.5 Å². The van der Waals surface area contributed by atoms with Crippen LogP contribution in [0.1, 0.15) is 12.5 Å². The molecule has 0 saturated carbocycles. The Bertz CT molecular complexity index is 350. The first-order valence-corrected chi connectivity index (χ1v) is 5.69. The summed E-state index contributed by atoms with van der Waals surface area (Å²) in [4.78, 5) is 2.34. The largest absolute Gasteiger partial charge is 0.368 e.